The maximum Gasteiger partial charge on any atom is 0.220 e. The van der Waals surface area contributed by atoms with Crippen molar-refractivity contribution < 1.29 is 9.18 Å². The molecule has 1 aliphatic rings. The van der Waals surface area contributed by atoms with Crippen molar-refractivity contribution in [3.05, 3.63) is 34.6 Å². The van der Waals surface area contributed by atoms with E-state index in [2.05, 4.69) is 5.32 Å². The van der Waals surface area contributed by atoms with E-state index in [-0.39, 0.29) is 23.2 Å². The van der Waals surface area contributed by atoms with Crippen LogP contribution in [0.5, 0.6) is 0 Å². The van der Waals surface area contributed by atoms with Crippen LogP contribution >= 0.6 is 11.6 Å². The Labute approximate surface area is 112 Å². The predicted molar refractivity (Wildman–Crippen MR) is 70.1 cm³/mol. The van der Waals surface area contributed by atoms with Crippen LogP contribution in [-0.2, 0) is 11.2 Å². The lowest BCUT2D eigenvalue weighted by molar-refractivity contribution is -0.120. The van der Waals surface area contributed by atoms with Gasteiger partial charge in [-0.15, -0.1) is 0 Å². The van der Waals surface area contributed by atoms with Crippen molar-refractivity contribution in [1.29, 1.82) is 0 Å². The maximum atomic E-state index is 13.8. The zero-order chi connectivity index (χ0) is 13.3. The van der Waals surface area contributed by atoms with Crippen molar-refractivity contribution in [3.63, 3.8) is 0 Å². The average Bonchev–Trinajstić information content (AvgIpc) is 2.67. The Kier molecular flexibility index (Phi) is 3.62. The largest absolute Gasteiger partial charge is 0.350 e. The van der Waals surface area contributed by atoms with E-state index in [0.29, 0.717) is 23.4 Å². The second-order valence-corrected chi connectivity index (χ2v) is 5.71. The van der Waals surface area contributed by atoms with E-state index in [4.69, 9.17) is 11.6 Å². The summed E-state index contributed by atoms with van der Waals surface area (Å²) in [5.41, 5.74) is 0.223. The third-order valence-corrected chi connectivity index (χ3v) is 4.04. The minimum absolute atomic E-state index is 0.0473. The van der Waals surface area contributed by atoms with Gasteiger partial charge >= 0.3 is 0 Å². The quantitative estimate of drug-likeness (QED) is 0.896. The predicted octanol–water partition coefficient (Wildman–Crippen LogP) is 3.33. The number of rotatable bonds is 3. The van der Waals surface area contributed by atoms with Crippen LogP contribution < -0.4 is 5.32 Å². The van der Waals surface area contributed by atoms with Crippen molar-refractivity contribution in [2.75, 3.05) is 0 Å². The van der Waals surface area contributed by atoms with Crippen LogP contribution in [-0.4, -0.2) is 11.4 Å². The van der Waals surface area contributed by atoms with E-state index < -0.39 is 0 Å². The van der Waals surface area contributed by atoms with Gasteiger partial charge in [0.2, 0.25) is 5.91 Å². The monoisotopic (exact) mass is 269 g/mol. The number of hydrogen-bond acceptors (Lipinski definition) is 1. The number of carbonyl (C=O) groups is 1. The Morgan fingerprint density at radius 1 is 1.50 bits per heavy atom. The van der Waals surface area contributed by atoms with E-state index in [0.717, 1.165) is 6.42 Å². The van der Waals surface area contributed by atoms with E-state index in [9.17, 15) is 9.18 Å². The normalized spacial score (nSPS) is 23.5. The molecule has 1 heterocycles. The third-order valence-electron chi connectivity index (χ3n) is 3.81. The summed E-state index contributed by atoms with van der Waals surface area (Å²) in [4.78, 5) is 11.5. The molecule has 1 aliphatic heterocycles. The molecule has 1 atom stereocenters. The molecule has 18 heavy (non-hydrogen) atoms. The Balaban J connectivity index is 2.30. The second kappa shape index (κ2) is 4.88. The molecule has 0 aliphatic carbocycles. The fourth-order valence-corrected chi connectivity index (χ4v) is 2.72. The molecule has 1 unspecified atom stereocenters. The second-order valence-electron chi connectivity index (χ2n) is 5.27. The highest BCUT2D eigenvalue weighted by Gasteiger charge is 2.40. The Hall–Kier alpha value is -1.09. The average molecular weight is 270 g/mol. The number of amides is 1. The number of nitrogens with one attached hydrogen (secondary N) is 1. The molecule has 0 spiro atoms. The molecule has 4 heteroatoms. The van der Waals surface area contributed by atoms with Gasteiger partial charge in [0.15, 0.2) is 0 Å². The molecule has 0 saturated carbocycles. The summed E-state index contributed by atoms with van der Waals surface area (Å²) in [7, 11) is 0. The van der Waals surface area contributed by atoms with Gasteiger partial charge in [-0.25, -0.2) is 4.39 Å². The summed E-state index contributed by atoms with van der Waals surface area (Å²) in [5.74, 6) is 0.0361. The fraction of sp³-hybridized carbons (Fsp3) is 0.500. The number of carbonyl (C=O) groups excluding carboxylic acids is 1. The molecular formula is C14H17ClFNO. The molecule has 1 fully saturated rings. The van der Waals surface area contributed by atoms with Gasteiger partial charge in [-0.2, -0.15) is 0 Å². The van der Waals surface area contributed by atoms with Gasteiger partial charge in [0, 0.05) is 17.0 Å². The minimum atomic E-state index is -0.345. The number of hydrogen-bond donors (Lipinski definition) is 1. The van der Waals surface area contributed by atoms with E-state index in [1.807, 2.05) is 13.8 Å². The molecule has 2 nitrogen and oxygen atoms in total. The van der Waals surface area contributed by atoms with Crippen LogP contribution in [0.3, 0.4) is 0 Å². The van der Waals surface area contributed by atoms with Crippen molar-refractivity contribution in [2.24, 2.45) is 5.92 Å². The molecule has 0 aromatic heterocycles. The lowest BCUT2D eigenvalue weighted by Crippen LogP contribution is -2.48. The standard InChI is InChI=1S/C14H17ClFNO/c1-9(2)14(6-5-13(18)17-14)8-10-7-11(15)3-4-12(10)16/h3-4,7,9H,5-6,8H2,1-2H3,(H,17,18). The van der Waals surface area contributed by atoms with Crippen LogP contribution in [0.1, 0.15) is 32.3 Å². The summed E-state index contributed by atoms with van der Waals surface area (Å²) < 4.78 is 13.8. The topological polar surface area (TPSA) is 29.1 Å². The Morgan fingerprint density at radius 2 is 2.22 bits per heavy atom. The van der Waals surface area contributed by atoms with Gasteiger partial charge in [0.1, 0.15) is 5.82 Å². The molecule has 1 saturated heterocycles. The van der Waals surface area contributed by atoms with Crippen LogP contribution in [0.15, 0.2) is 18.2 Å². The number of benzene rings is 1. The van der Waals surface area contributed by atoms with Crippen LogP contribution in [0.4, 0.5) is 4.39 Å². The highest BCUT2D eigenvalue weighted by molar-refractivity contribution is 6.30. The van der Waals surface area contributed by atoms with Gasteiger partial charge in [-0.05, 0) is 42.5 Å². The lowest BCUT2D eigenvalue weighted by atomic mass is 9.79. The lowest BCUT2D eigenvalue weighted by Gasteiger charge is -2.33. The molecule has 1 amide bonds. The Bertz CT molecular complexity index is 475. The summed E-state index contributed by atoms with van der Waals surface area (Å²) in [6.45, 7) is 4.10. The highest BCUT2D eigenvalue weighted by Crippen LogP contribution is 2.33. The summed E-state index contributed by atoms with van der Waals surface area (Å²) >= 11 is 5.90. The first-order valence-corrected chi connectivity index (χ1v) is 6.56. The first kappa shape index (κ1) is 13.3. The molecule has 1 N–H and O–H groups in total. The first-order chi connectivity index (χ1) is 8.43. The van der Waals surface area contributed by atoms with Crippen LogP contribution in [0.2, 0.25) is 5.02 Å². The van der Waals surface area contributed by atoms with Crippen LogP contribution in [0.25, 0.3) is 0 Å². The molecular weight excluding hydrogens is 253 g/mol. The van der Waals surface area contributed by atoms with Gasteiger partial charge in [0.05, 0.1) is 0 Å². The van der Waals surface area contributed by atoms with Crippen molar-refractivity contribution >= 4 is 17.5 Å². The summed E-state index contributed by atoms with van der Waals surface area (Å²) in [6, 6.07) is 4.56. The third kappa shape index (κ3) is 2.51. The fourth-order valence-electron chi connectivity index (χ4n) is 2.53. The van der Waals surface area contributed by atoms with E-state index in [1.165, 1.54) is 12.1 Å². The van der Waals surface area contributed by atoms with Gasteiger partial charge in [0.25, 0.3) is 0 Å². The molecule has 0 radical (unpaired) electrons. The first-order valence-electron chi connectivity index (χ1n) is 6.18. The zero-order valence-electron chi connectivity index (χ0n) is 10.6. The van der Waals surface area contributed by atoms with Gasteiger partial charge in [-0.1, -0.05) is 25.4 Å². The summed E-state index contributed by atoms with van der Waals surface area (Å²) in [6.07, 6.45) is 1.75. The van der Waals surface area contributed by atoms with Crippen molar-refractivity contribution in [3.8, 4) is 0 Å². The van der Waals surface area contributed by atoms with Crippen molar-refractivity contribution in [1.82, 2.24) is 5.32 Å². The highest BCUT2D eigenvalue weighted by atomic mass is 35.5. The van der Waals surface area contributed by atoms with Gasteiger partial charge in [-0.3, -0.25) is 4.79 Å². The molecule has 1 aromatic carbocycles. The minimum Gasteiger partial charge on any atom is -0.350 e. The Morgan fingerprint density at radius 3 is 2.78 bits per heavy atom. The van der Waals surface area contributed by atoms with Gasteiger partial charge < -0.3 is 5.32 Å². The number of halogens is 2. The molecule has 0 bridgehead atoms. The van der Waals surface area contributed by atoms with E-state index in [1.54, 1.807) is 6.07 Å². The molecule has 98 valence electrons. The maximum absolute atomic E-state index is 13.8. The molecule has 2 rings (SSSR count). The zero-order valence-corrected chi connectivity index (χ0v) is 11.4. The van der Waals surface area contributed by atoms with Crippen molar-refractivity contribution in [2.45, 2.75) is 38.6 Å². The van der Waals surface area contributed by atoms with Crippen LogP contribution in [0, 0.1) is 11.7 Å². The van der Waals surface area contributed by atoms with E-state index >= 15 is 0 Å². The smallest absolute Gasteiger partial charge is 0.220 e. The SMILES string of the molecule is CC(C)C1(Cc2cc(Cl)ccc2F)CCC(=O)N1. The summed E-state index contributed by atoms with van der Waals surface area (Å²) in [5, 5.41) is 3.54. The molecule has 1 aromatic rings.